The van der Waals surface area contributed by atoms with E-state index in [1.165, 1.54) is 20.9 Å². The van der Waals surface area contributed by atoms with E-state index in [4.69, 9.17) is 10.5 Å². The fourth-order valence-corrected chi connectivity index (χ4v) is 4.03. The quantitative estimate of drug-likeness (QED) is 0.373. The van der Waals surface area contributed by atoms with Crippen molar-refractivity contribution in [1.29, 1.82) is 0 Å². The lowest BCUT2D eigenvalue weighted by Gasteiger charge is -2.22. The molecular weight excluding hydrogens is 452 g/mol. The maximum atomic E-state index is 13.0. The first-order chi connectivity index (χ1) is 16.5. The van der Waals surface area contributed by atoms with E-state index < -0.39 is 24.4 Å². The third kappa shape index (κ3) is 5.38. The number of aromatic nitrogens is 2. The molecule has 4 aromatic rings. The smallest absolute Gasteiger partial charge is 0.357 e. The number of carbonyl (C=O) groups is 3. The molecule has 0 aliphatic carbocycles. The van der Waals surface area contributed by atoms with Gasteiger partial charge in [0.25, 0.3) is 5.91 Å². The number of nitrogens with zero attached hydrogens (tertiary/aromatic N) is 3. The number of carbonyl (C=O) groups excluding carboxylic acids is 3. The van der Waals surface area contributed by atoms with Crippen molar-refractivity contribution in [2.24, 2.45) is 5.73 Å². The Labute approximate surface area is 200 Å². The number of ether oxygens (including phenoxy) is 1. The third-order valence-electron chi connectivity index (χ3n) is 4.97. The summed E-state index contributed by atoms with van der Waals surface area (Å²) in [6.45, 7) is -0.416. The molecule has 2 heterocycles. The second-order valence-electron chi connectivity index (χ2n) is 7.31. The average molecular weight is 475 g/mol. The zero-order chi connectivity index (χ0) is 23.9. The lowest BCUT2D eigenvalue weighted by Crippen LogP contribution is -2.37. The lowest BCUT2D eigenvalue weighted by molar-refractivity contribution is -0.121. The molecule has 4 rings (SSSR count). The maximum absolute atomic E-state index is 13.0. The molecule has 0 atom stereocenters. The van der Waals surface area contributed by atoms with Crippen LogP contribution in [0.5, 0.6) is 0 Å². The Morgan fingerprint density at radius 3 is 2.32 bits per heavy atom. The van der Waals surface area contributed by atoms with Crippen LogP contribution in [0.2, 0.25) is 0 Å². The van der Waals surface area contributed by atoms with Crippen molar-refractivity contribution in [2.45, 2.75) is 6.42 Å². The van der Waals surface area contributed by atoms with Crippen molar-refractivity contribution in [3.63, 3.8) is 0 Å². The van der Waals surface area contributed by atoms with E-state index in [0.29, 0.717) is 17.1 Å². The van der Waals surface area contributed by atoms with Crippen LogP contribution in [0.3, 0.4) is 0 Å². The average Bonchev–Trinajstić information content (AvgIpc) is 3.54. The Balaban J connectivity index is 1.55. The van der Waals surface area contributed by atoms with Crippen LogP contribution in [-0.4, -0.2) is 40.7 Å². The highest BCUT2D eigenvalue weighted by atomic mass is 32.1. The number of amides is 2. The Kier molecular flexibility index (Phi) is 7.14. The summed E-state index contributed by atoms with van der Waals surface area (Å²) in [4.78, 5) is 39.5. The molecule has 0 aliphatic heterocycles. The fourth-order valence-electron chi connectivity index (χ4n) is 3.34. The summed E-state index contributed by atoms with van der Waals surface area (Å²) in [6, 6.07) is 23.5. The zero-order valence-electron chi connectivity index (χ0n) is 18.2. The molecule has 0 bridgehead atoms. The van der Waals surface area contributed by atoms with Crippen molar-refractivity contribution >= 4 is 34.8 Å². The number of rotatable bonds is 9. The lowest BCUT2D eigenvalue weighted by atomic mass is 10.2. The zero-order valence-corrected chi connectivity index (χ0v) is 19.0. The normalized spacial score (nSPS) is 10.6. The van der Waals surface area contributed by atoms with Gasteiger partial charge in [0, 0.05) is 24.7 Å². The minimum absolute atomic E-state index is 0.0144. The van der Waals surface area contributed by atoms with Gasteiger partial charge in [-0.3, -0.25) is 9.59 Å². The van der Waals surface area contributed by atoms with E-state index in [2.05, 4.69) is 5.10 Å². The van der Waals surface area contributed by atoms with E-state index in [9.17, 15) is 14.4 Å². The first-order valence-corrected chi connectivity index (χ1v) is 11.4. The van der Waals surface area contributed by atoms with Crippen LogP contribution in [0.4, 0.5) is 5.69 Å². The largest absolute Gasteiger partial charge is 0.451 e. The number of thiophene rings is 1. The van der Waals surface area contributed by atoms with Gasteiger partial charge < -0.3 is 15.4 Å². The number of esters is 1. The Hall–Kier alpha value is -4.24. The number of hydrogen-bond donors (Lipinski definition) is 1. The molecule has 2 aromatic carbocycles. The van der Waals surface area contributed by atoms with E-state index >= 15 is 0 Å². The van der Waals surface area contributed by atoms with Gasteiger partial charge in [0.2, 0.25) is 5.91 Å². The predicted molar refractivity (Wildman–Crippen MR) is 130 cm³/mol. The summed E-state index contributed by atoms with van der Waals surface area (Å²) in [6.07, 6.45) is -0.0144. The molecule has 0 radical (unpaired) electrons. The minimum atomic E-state index is -0.685. The van der Waals surface area contributed by atoms with Crippen LogP contribution in [0.25, 0.3) is 16.3 Å². The summed E-state index contributed by atoms with van der Waals surface area (Å²) in [5.74, 6) is -1.68. The summed E-state index contributed by atoms with van der Waals surface area (Å²) < 4.78 is 6.89. The first-order valence-electron chi connectivity index (χ1n) is 10.5. The van der Waals surface area contributed by atoms with E-state index in [1.54, 1.807) is 30.3 Å². The van der Waals surface area contributed by atoms with Gasteiger partial charge in [-0.15, -0.1) is 11.3 Å². The maximum Gasteiger partial charge on any atom is 0.357 e. The van der Waals surface area contributed by atoms with Crippen LogP contribution in [0.15, 0.2) is 84.2 Å². The van der Waals surface area contributed by atoms with Gasteiger partial charge in [-0.2, -0.15) is 5.10 Å². The number of primary amides is 1. The number of anilines is 1. The van der Waals surface area contributed by atoms with Gasteiger partial charge >= 0.3 is 5.97 Å². The van der Waals surface area contributed by atoms with Crippen molar-refractivity contribution in [3.8, 4) is 16.3 Å². The van der Waals surface area contributed by atoms with E-state index in [1.807, 2.05) is 53.9 Å². The van der Waals surface area contributed by atoms with Crippen molar-refractivity contribution in [2.75, 3.05) is 18.1 Å². The highest BCUT2D eigenvalue weighted by Crippen LogP contribution is 2.26. The monoisotopic (exact) mass is 474 g/mol. The SMILES string of the molecule is NC(=O)CCN(C(=O)COC(=O)c1cc(-c2cccs2)nn1-c1ccccc1)c1ccccc1. The van der Waals surface area contributed by atoms with Gasteiger partial charge in [0.05, 0.1) is 10.6 Å². The molecule has 2 aromatic heterocycles. The molecule has 2 N–H and O–H groups in total. The van der Waals surface area contributed by atoms with Gasteiger partial charge in [-0.1, -0.05) is 42.5 Å². The van der Waals surface area contributed by atoms with Crippen molar-refractivity contribution < 1.29 is 19.1 Å². The molecule has 34 heavy (non-hydrogen) atoms. The molecular formula is C25H22N4O4S. The highest BCUT2D eigenvalue weighted by molar-refractivity contribution is 7.13. The molecule has 0 spiro atoms. The number of para-hydroxylation sites is 2. The molecule has 0 saturated heterocycles. The van der Waals surface area contributed by atoms with Crippen LogP contribution in [0, 0.1) is 0 Å². The highest BCUT2D eigenvalue weighted by Gasteiger charge is 2.23. The standard InChI is InChI=1S/C25H22N4O4S/c26-23(30)13-14-28(18-8-3-1-4-9-18)24(31)17-33-25(32)21-16-20(22-12-7-15-34-22)27-29(21)19-10-5-2-6-11-19/h1-12,15-16H,13-14,17H2,(H2,26,30). The van der Waals surface area contributed by atoms with E-state index in [0.717, 1.165) is 4.88 Å². The Morgan fingerprint density at radius 2 is 1.68 bits per heavy atom. The number of benzene rings is 2. The summed E-state index contributed by atoms with van der Waals surface area (Å²) in [7, 11) is 0. The summed E-state index contributed by atoms with van der Waals surface area (Å²) in [5, 5.41) is 6.51. The first kappa shape index (κ1) is 22.9. The van der Waals surface area contributed by atoms with Crippen molar-refractivity contribution in [3.05, 3.63) is 89.9 Å². The molecule has 172 valence electrons. The second-order valence-corrected chi connectivity index (χ2v) is 8.26. The van der Waals surface area contributed by atoms with Crippen LogP contribution < -0.4 is 10.6 Å². The third-order valence-corrected chi connectivity index (χ3v) is 5.86. The molecule has 2 amide bonds. The molecule has 9 heteroatoms. The Bertz CT molecular complexity index is 1270. The molecule has 0 fully saturated rings. The van der Waals surface area contributed by atoms with Gasteiger partial charge in [-0.05, 0) is 35.7 Å². The van der Waals surface area contributed by atoms with Gasteiger partial charge in [0.1, 0.15) is 5.69 Å². The molecule has 0 aliphatic rings. The molecule has 0 saturated carbocycles. The van der Waals surface area contributed by atoms with Crippen LogP contribution >= 0.6 is 11.3 Å². The fraction of sp³-hybridized carbons (Fsp3) is 0.120. The summed E-state index contributed by atoms with van der Waals surface area (Å²) >= 11 is 1.51. The van der Waals surface area contributed by atoms with Gasteiger partial charge in [0.15, 0.2) is 12.3 Å². The molecule has 0 unspecified atom stereocenters. The summed E-state index contributed by atoms with van der Waals surface area (Å²) in [5.41, 5.74) is 7.36. The van der Waals surface area contributed by atoms with E-state index in [-0.39, 0.29) is 18.7 Å². The van der Waals surface area contributed by atoms with Crippen LogP contribution in [-0.2, 0) is 14.3 Å². The minimum Gasteiger partial charge on any atom is -0.451 e. The predicted octanol–water partition coefficient (Wildman–Crippen LogP) is 3.67. The topological polar surface area (TPSA) is 108 Å². The van der Waals surface area contributed by atoms with Crippen LogP contribution in [0.1, 0.15) is 16.9 Å². The second kappa shape index (κ2) is 10.6. The number of hydrogen-bond acceptors (Lipinski definition) is 6. The van der Waals surface area contributed by atoms with Crippen molar-refractivity contribution in [1.82, 2.24) is 9.78 Å². The molecule has 8 nitrogen and oxygen atoms in total. The Morgan fingerprint density at radius 1 is 0.971 bits per heavy atom. The van der Waals surface area contributed by atoms with Gasteiger partial charge in [-0.25, -0.2) is 9.48 Å². The number of nitrogens with two attached hydrogens (primary N) is 1.